The molecule has 0 atom stereocenters. The van der Waals surface area contributed by atoms with Crippen LogP contribution in [0.4, 0.5) is 0 Å². The minimum Gasteiger partial charge on any atom is -0.420 e. The first-order chi connectivity index (χ1) is 8.61. The third-order valence-corrected chi connectivity index (χ3v) is 5.61. The normalized spacial score (nSPS) is 11.5. The first-order valence-corrected chi connectivity index (χ1v) is 9.42. The molecule has 0 saturated carbocycles. The molecule has 0 aliphatic rings. The summed E-state index contributed by atoms with van der Waals surface area (Å²) in [6.07, 6.45) is 0. The fourth-order valence-electron chi connectivity index (χ4n) is 2.01. The molecule has 0 spiro atoms. The number of rotatable bonds is 4. The molecule has 0 unspecified atom stereocenters. The van der Waals surface area contributed by atoms with E-state index in [2.05, 4.69) is 61.6 Å². The van der Waals surface area contributed by atoms with Gasteiger partial charge < -0.3 is 4.43 Å². The monoisotopic (exact) mass is 256 g/mol. The average Bonchev–Trinajstić information content (AvgIpc) is 2.40. The lowest BCUT2D eigenvalue weighted by molar-refractivity contribution is 0.403. The minimum absolute atomic E-state index is 1.07. The molecule has 0 saturated heterocycles. The van der Waals surface area contributed by atoms with Crippen LogP contribution in [0.2, 0.25) is 13.1 Å². The van der Waals surface area contributed by atoms with Gasteiger partial charge in [0, 0.05) is 7.11 Å². The molecule has 0 bridgehead atoms. The van der Waals surface area contributed by atoms with Crippen LogP contribution in [0.5, 0.6) is 0 Å². The third-order valence-electron chi connectivity index (χ3n) is 3.24. The van der Waals surface area contributed by atoms with Crippen molar-refractivity contribution in [3.63, 3.8) is 0 Å². The Kier molecular flexibility index (Phi) is 3.99. The van der Waals surface area contributed by atoms with Crippen molar-refractivity contribution in [2.75, 3.05) is 7.11 Å². The molecule has 2 aromatic carbocycles. The Bertz CT molecular complexity index is 488. The van der Waals surface area contributed by atoms with Crippen molar-refractivity contribution in [1.29, 1.82) is 0 Å². The molecule has 0 amide bonds. The molecule has 18 heavy (non-hydrogen) atoms. The number of benzene rings is 2. The van der Waals surface area contributed by atoms with Crippen LogP contribution in [0, 0.1) is 0 Å². The Morgan fingerprint density at radius 3 is 1.94 bits per heavy atom. The van der Waals surface area contributed by atoms with E-state index >= 15 is 0 Å². The minimum atomic E-state index is -1.51. The van der Waals surface area contributed by atoms with E-state index in [0.717, 1.165) is 6.04 Å². The third kappa shape index (κ3) is 3.31. The summed E-state index contributed by atoms with van der Waals surface area (Å²) in [5.74, 6) is 0. The summed E-state index contributed by atoms with van der Waals surface area (Å²) in [7, 11) is 0.309. The molecule has 0 fully saturated rings. The van der Waals surface area contributed by atoms with Gasteiger partial charge in [0.1, 0.15) is 0 Å². The molecular formula is C16H20OSi. The van der Waals surface area contributed by atoms with Gasteiger partial charge in [-0.05, 0) is 35.8 Å². The predicted molar refractivity (Wildman–Crippen MR) is 80.1 cm³/mol. The van der Waals surface area contributed by atoms with Crippen LogP contribution in [0.15, 0.2) is 54.6 Å². The van der Waals surface area contributed by atoms with Gasteiger partial charge in [0.2, 0.25) is 0 Å². The zero-order valence-electron chi connectivity index (χ0n) is 11.3. The maximum Gasteiger partial charge on any atom is 0.190 e. The zero-order valence-corrected chi connectivity index (χ0v) is 12.3. The highest BCUT2D eigenvalue weighted by molar-refractivity contribution is 6.70. The maximum absolute atomic E-state index is 5.60. The van der Waals surface area contributed by atoms with Crippen molar-refractivity contribution < 1.29 is 4.43 Å². The first-order valence-electron chi connectivity index (χ1n) is 6.30. The van der Waals surface area contributed by atoms with E-state index in [4.69, 9.17) is 4.43 Å². The Hall–Kier alpha value is -1.38. The molecule has 0 aliphatic carbocycles. The molecule has 94 valence electrons. The Morgan fingerprint density at radius 2 is 1.39 bits per heavy atom. The van der Waals surface area contributed by atoms with Crippen LogP contribution >= 0.6 is 0 Å². The Morgan fingerprint density at radius 1 is 0.833 bits per heavy atom. The summed E-state index contributed by atoms with van der Waals surface area (Å²) in [6.45, 7) is 4.50. The quantitative estimate of drug-likeness (QED) is 0.742. The first kappa shape index (κ1) is 13.1. The Labute approximate surface area is 111 Å². The van der Waals surface area contributed by atoms with Crippen molar-refractivity contribution in [2.24, 2.45) is 0 Å². The lowest BCUT2D eigenvalue weighted by Gasteiger charge is -2.19. The second-order valence-corrected chi connectivity index (χ2v) is 9.48. The van der Waals surface area contributed by atoms with Gasteiger partial charge in [0.15, 0.2) is 8.32 Å². The molecule has 2 aromatic rings. The number of hydrogen-bond acceptors (Lipinski definition) is 1. The lowest BCUT2D eigenvalue weighted by atomic mass is 10.0. The van der Waals surface area contributed by atoms with Crippen LogP contribution in [-0.4, -0.2) is 15.4 Å². The predicted octanol–water partition coefficient (Wildman–Crippen LogP) is 4.29. The summed E-state index contributed by atoms with van der Waals surface area (Å²) in [6, 6.07) is 20.4. The summed E-state index contributed by atoms with van der Waals surface area (Å²) < 4.78 is 5.60. The largest absolute Gasteiger partial charge is 0.420 e. The van der Waals surface area contributed by atoms with E-state index in [-0.39, 0.29) is 0 Å². The van der Waals surface area contributed by atoms with E-state index in [0.29, 0.717) is 0 Å². The second-order valence-electron chi connectivity index (χ2n) is 5.20. The van der Waals surface area contributed by atoms with Crippen LogP contribution in [0.3, 0.4) is 0 Å². The molecule has 1 nitrogen and oxygen atoms in total. The van der Waals surface area contributed by atoms with Gasteiger partial charge >= 0.3 is 0 Å². The van der Waals surface area contributed by atoms with E-state index in [1.807, 2.05) is 13.2 Å². The maximum atomic E-state index is 5.60. The second kappa shape index (κ2) is 5.51. The highest BCUT2D eigenvalue weighted by Crippen LogP contribution is 2.20. The highest BCUT2D eigenvalue weighted by Gasteiger charge is 2.20. The lowest BCUT2D eigenvalue weighted by Crippen LogP contribution is -2.32. The molecule has 2 heteroatoms. The summed E-state index contributed by atoms with van der Waals surface area (Å²) in [5.41, 5.74) is 3.91. The molecule has 0 aromatic heterocycles. The SMILES string of the molecule is CO[Si](C)(C)Cc1ccc(-c2ccccc2)cc1. The van der Waals surface area contributed by atoms with Gasteiger partial charge in [-0.1, -0.05) is 54.6 Å². The van der Waals surface area contributed by atoms with Crippen molar-refractivity contribution in [3.8, 4) is 11.1 Å². The molecule has 0 radical (unpaired) electrons. The van der Waals surface area contributed by atoms with Crippen molar-refractivity contribution in [2.45, 2.75) is 19.1 Å². The van der Waals surface area contributed by atoms with Gasteiger partial charge in [-0.3, -0.25) is 0 Å². The van der Waals surface area contributed by atoms with Crippen molar-refractivity contribution in [1.82, 2.24) is 0 Å². The van der Waals surface area contributed by atoms with E-state index < -0.39 is 8.32 Å². The number of hydrogen-bond donors (Lipinski definition) is 0. The fourth-order valence-corrected chi connectivity index (χ4v) is 3.37. The van der Waals surface area contributed by atoms with Crippen LogP contribution in [-0.2, 0) is 10.5 Å². The van der Waals surface area contributed by atoms with E-state index in [1.54, 1.807) is 0 Å². The topological polar surface area (TPSA) is 9.23 Å². The smallest absolute Gasteiger partial charge is 0.190 e. The zero-order chi connectivity index (χ0) is 13.0. The molecule has 0 N–H and O–H groups in total. The van der Waals surface area contributed by atoms with Gasteiger partial charge in [-0.2, -0.15) is 0 Å². The summed E-state index contributed by atoms with van der Waals surface area (Å²) >= 11 is 0. The van der Waals surface area contributed by atoms with Crippen LogP contribution in [0.1, 0.15) is 5.56 Å². The molecule has 0 aliphatic heterocycles. The van der Waals surface area contributed by atoms with E-state index in [9.17, 15) is 0 Å². The van der Waals surface area contributed by atoms with Gasteiger partial charge in [0.05, 0.1) is 0 Å². The van der Waals surface area contributed by atoms with Crippen LogP contribution < -0.4 is 0 Å². The fraction of sp³-hybridized carbons (Fsp3) is 0.250. The standard InChI is InChI=1S/C16H20OSi/c1-17-18(2,3)13-14-9-11-16(12-10-14)15-7-5-4-6-8-15/h4-12H,13H2,1-3H3. The molecular weight excluding hydrogens is 236 g/mol. The van der Waals surface area contributed by atoms with Crippen LogP contribution in [0.25, 0.3) is 11.1 Å². The van der Waals surface area contributed by atoms with Gasteiger partial charge in [-0.25, -0.2) is 0 Å². The highest BCUT2D eigenvalue weighted by atomic mass is 28.4. The Balaban J connectivity index is 2.16. The van der Waals surface area contributed by atoms with Crippen molar-refractivity contribution in [3.05, 3.63) is 60.2 Å². The summed E-state index contributed by atoms with van der Waals surface area (Å²) in [5, 5.41) is 0. The van der Waals surface area contributed by atoms with Crippen molar-refractivity contribution >= 4 is 8.32 Å². The molecule has 0 heterocycles. The van der Waals surface area contributed by atoms with Gasteiger partial charge in [-0.15, -0.1) is 0 Å². The van der Waals surface area contributed by atoms with E-state index in [1.165, 1.54) is 16.7 Å². The van der Waals surface area contributed by atoms with Gasteiger partial charge in [0.25, 0.3) is 0 Å². The average molecular weight is 256 g/mol. The molecule has 2 rings (SSSR count). The summed E-state index contributed by atoms with van der Waals surface area (Å²) in [4.78, 5) is 0.